The normalized spacial score (nSPS) is 14.7. The molecule has 4 heteroatoms. The second-order valence-corrected chi connectivity index (χ2v) is 3.55. The van der Waals surface area contributed by atoms with Gasteiger partial charge in [0.1, 0.15) is 11.6 Å². The van der Waals surface area contributed by atoms with Gasteiger partial charge >= 0.3 is 5.97 Å². The van der Waals surface area contributed by atoms with E-state index in [1.807, 2.05) is 0 Å². The number of hydrogen-bond donors (Lipinski definition) is 1. The van der Waals surface area contributed by atoms with Gasteiger partial charge in [0.05, 0.1) is 5.92 Å². The fourth-order valence-electron chi connectivity index (χ4n) is 1.41. The molecule has 0 spiro atoms. The van der Waals surface area contributed by atoms with Crippen molar-refractivity contribution in [2.45, 2.75) is 19.8 Å². The largest absolute Gasteiger partial charge is 0.481 e. The third-order valence-corrected chi connectivity index (χ3v) is 2.59. The number of carboxylic acids is 1. The lowest BCUT2D eigenvalue weighted by Crippen LogP contribution is -2.18. The van der Waals surface area contributed by atoms with Crippen LogP contribution in [0.3, 0.4) is 0 Å². The van der Waals surface area contributed by atoms with Crippen molar-refractivity contribution in [3.8, 4) is 0 Å². The molecule has 1 aromatic carbocycles. The molecule has 2 unspecified atom stereocenters. The van der Waals surface area contributed by atoms with E-state index in [2.05, 4.69) is 0 Å². The second kappa shape index (κ2) is 4.38. The fraction of sp³-hybridized carbons (Fsp3) is 0.364. The summed E-state index contributed by atoms with van der Waals surface area (Å²) >= 11 is 0. The smallest absolute Gasteiger partial charge is 0.306 e. The minimum atomic E-state index is -1.06. The van der Waals surface area contributed by atoms with Crippen molar-refractivity contribution in [1.82, 2.24) is 0 Å². The first-order valence-electron chi connectivity index (χ1n) is 4.62. The van der Waals surface area contributed by atoms with Gasteiger partial charge in [-0.3, -0.25) is 4.79 Å². The van der Waals surface area contributed by atoms with Gasteiger partial charge in [0.25, 0.3) is 0 Å². The van der Waals surface area contributed by atoms with E-state index in [0.717, 1.165) is 12.1 Å². The van der Waals surface area contributed by atoms with Crippen molar-refractivity contribution in [3.63, 3.8) is 0 Å². The van der Waals surface area contributed by atoms with Crippen LogP contribution in [-0.2, 0) is 4.79 Å². The fourth-order valence-corrected chi connectivity index (χ4v) is 1.41. The topological polar surface area (TPSA) is 37.3 Å². The summed E-state index contributed by atoms with van der Waals surface area (Å²) < 4.78 is 26.6. The first kappa shape index (κ1) is 11.6. The molecule has 15 heavy (non-hydrogen) atoms. The van der Waals surface area contributed by atoms with Crippen LogP contribution in [0.15, 0.2) is 18.2 Å². The summed E-state index contributed by atoms with van der Waals surface area (Å²) in [5.74, 6) is -3.98. The molecular formula is C11H12F2O2. The molecule has 0 saturated carbocycles. The summed E-state index contributed by atoms with van der Waals surface area (Å²) in [6, 6.07) is 3.51. The van der Waals surface area contributed by atoms with Gasteiger partial charge in [0.15, 0.2) is 0 Å². The number of aliphatic carboxylic acids is 1. The lowest BCUT2D eigenvalue weighted by atomic mass is 9.88. The van der Waals surface area contributed by atoms with Gasteiger partial charge in [-0.25, -0.2) is 8.78 Å². The van der Waals surface area contributed by atoms with Crippen LogP contribution in [0.4, 0.5) is 8.78 Å². The average molecular weight is 214 g/mol. The average Bonchev–Trinajstić information content (AvgIpc) is 2.15. The Kier molecular flexibility index (Phi) is 3.39. The number of benzene rings is 1. The molecular weight excluding hydrogens is 202 g/mol. The van der Waals surface area contributed by atoms with Gasteiger partial charge in [0, 0.05) is 5.56 Å². The molecule has 0 aliphatic carbocycles. The zero-order valence-corrected chi connectivity index (χ0v) is 8.50. The molecule has 0 amide bonds. The highest BCUT2D eigenvalue weighted by Gasteiger charge is 2.25. The highest BCUT2D eigenvalue weighted by molar-refractivity contribution is 5.70. The van der Waals surface area contributed by atoms with Crippen molar-refractivity contribution in [3.05, 3.63) is 35.4 Å². The van der Waals surface area contributed by atoms with Gasteiger partial charge in [-0.2, -0.15) is 0 Å². The Hall–Kier alpha value is -1.45. The van der Waals surface area contributed by atoms with Gasteiger partial charge in [-0.05, 0) is 18.1 Å². The van der Waals surface area contributed by atoms with Crippen LogP contribution in [-0.4, -0.2) is 11.1 Å². The lowest BCUT2D eigenvalue weighted by Gasteiger charge is -2.17. The van der Waals surface area contributed by atoms with E-state index in [-0.39, 0.29) is 5.56 Å². The quantitative estimate of drug-likeness (QED) is 0.840. The van der Waals surface area contributed by atoms with Gasteiger partial charge < -0.3 is 5.11 Å². The second-order valence-electron chi connectivity index (χ2n) is 3.55. The van der Waals surface area contributed by atoms with Gasteiger partial charge in [-0.15, -0.1) is 0 Å². The molecule has 0 bridgehead atoms. The lowest BCUT2D eigenvalue weighted by molar-refractivity contribution is -0.141. The van der Waals surface area contributed by atoms with E-state index in [4.69, 9.17) is 5.11 Å². The van der Waals surface area contributed by atoms with Crippen LogP contribution in [0.5, 0.6) is 0 Å². The molecule has 2 nitrogen and oxygen atoms in total. The molecule has 0 heterocycles. The minimum Gasteiger partial charge on any atom is -0.481 e. The van der Waals surface area contributed by atoms with Crippen LogP contribution < -0.4 is 0 Å². The first-order valence-corrected chi connectivity index (χ1v) is 4.62. The van der Waals surface area contributed by atoms with E-state index >= 15 is 0 Å². The predicted molar refractivity (Wildman–Crippen MR) is 51.6 cm³/mol. The van der Waals surface area contributed by atoms with E-state index in [0.29, 0.717) is 0 Å². The van der Waals surface area contributed by atoms with E-state index < -0.39 is 29.4 Å². The van der Waals surface area contributed by atoms with Crippen LogP contribution in [0.2, 0.25) is 0 Å². The summed E-state index contributed by atoms with van der Waals surface area (Å²) in [7, 11) is 0. The highest BCUT2D eigenvalue weighted by Crippen LogP contribution is 2.28. The molecule has 1 aromatic rings. The Labute approximate surface area is 86.5 Å². The van der Waals surface area contributed by atoms with Gasteiger partial charge in [-0.1, -0.05) is 19.9 Å². The molecule has 82 valence electrons. The van der Waals surface area contributed by atoms with Gasteiger partial charge in [0.2, 0.25) is 0 Å². The highest BCUT2D eigenvalue weighted by atomic mass is 19.1. The predicted octanol–water partition coefficient (Wildman–Crippen LogP) is 2.79. The van der Waals surface area contributed by atoms with Crippen molar-refractivity contribution in [2.75, 3.05) is 0 Å². The molecule has 1 rings (SSSR count). The van der Waals surface area contributed by atoms with Crippen molar-refractivity contribution in [1.29, 1.82) is 0 Å². The first-order chi connectivity index (χ1) is 6.95. The Morgan fingerprint density at radius 3 is 2.13 bits per heavy atom. The van der Waals surface area contributed by atoms with E-state index in [1.54, 1.807) is 0 Å². The maximum absolute atomic E-state index is 13.3. The SMILES string of the molecule is CC(C(=O)O)C(C)c1c(F)cccc1F. The molecule has 0 aromatic heterocycles. The maximum Gasteiger partial charge on any atom is 0.306 e. The molecule has 0 saturated heterocycles. The Bertz CT molecular complexity index is 357. The summed E-state index contributed by atoms with van der Waals surface area (Å²) in [6.07, 6.45) is 0. The zero-order valence-electron chi connectivity index (χ0n) is 8.50. The van der Waals surface area contributed by atoms with E-state index in [9.17, 15) is 13.6 Å². The molecule has 1 N–H and O–H groups in total. The Balaban J connectivity index is 3.10. The number of rotatable bonds is 3. The number of carboxylic acid groups (broad SMARTS) is 1. The van der Waals surface area contributed by atoms with Crippen LogP contribution in [0.25, 0.3) is 0 Å². The summed E-state index contributed by atoms with van der Waals surface area (Å²) in [6.45, 7) is 2.93. The van der Waals surface area contributed by atoms with Crippen LogP contribution in [0, 0.1) is 17.6 Å². The number of hydrogen-bond acceptors (Lipinski definition) is 1. The number of carbonyl (C=O) groups is 1. The summed E-state index contributed by atoms with van der Waals surface area (Å²) in [4.78, 5) is 10.7. The van der Waals surface area contributed by atoms with E-state index in [1.165, 1.54) is 19.9 Å². The monoisotopic (exact) mass is 214 g/mol. The Morgan fingerprint density at radius 2 is 1.73 bits per heavy atom. The molecule has 0 fully saturated rings. The molecule has 0 radical (unpaired) electrons. The minimum absolute atomic E-state index is 0.160. The van der Waals surface area contributed by atoms with Crippen molar-refractivity contribution >= 4 is 5.97 Å². The van der Waals surface area contributed by atoms with Crippen molar-refractivity contribution < 1.29 is 18.7 Å². The third-order valence-electron chi connectivity index (χ3n) is 2.59. The zero-order chi connectivity index (χ0) is 11.6. The van der Waals surface area contributed by atoms with Crippen LogP contribution in [0.1, 0.15) is 25.3 Å². The molecule has 0 aliphatic heterocycles. The third kappa shape index (κ3) is 2.32. The van der Waals surface area contributed by atoms with Crippen LogP contribution >= 0.6 is 0 Å². The molecule has 2 atom stereocenters. The number of halogens is 2. The maximum atomic E-state index is 13.3. The summed E-state index contributed by atoms with van der Waals surface area (Å²) in [5, 5.41) is 8.75. The Morgan fingerprint density at radius 1 is 1.27 bits per heavy atom. The van der Waals surface area contributed by atoms with Crippen molar-refractivity contribution in [2.24, 2.45) is 5.92 Å². The standard InChI is InChI=1S/C11H12F2O2/c1-6(7(2)11(14)15)10-8(12)4-3-5-9(10)13/h3-7H,1-2H3,(H,14,15). The summed E-state index contributed by atoms with van der Waals surface area (Å²) in [5.41, 5.74) is -0.160. The molecule has 0 aliphatic rings.